The summed E-state index contributed by atoms with van der Waals surface area (Å²) in [5.74, 6) is -2.92. The monoisotopic (exact) mass is 313 g/mol. The third-order valence-electron chi connectivity index (χ3n) is 3.64. The van der Waals surface area contributed by atoms with Crippen molar-refractivity contribution in [3.05, 3.63) is 64.7 Å². The molecule has 3 N–H and O–H groups in total. The number of carboxylic acid groups (broad SMARTS) is 2. The standard InChI is InChI=1S/C16H11NO6/c18-13-11-5-4-9(16(22)23)7-12(11)14(19)17(13)10-3-1-2-8(6-10)15(20)21/h1-7,13,18H,(H,20,21)(H,22,23). The highest BCUT2D eigenvalue weighted by molar-refractivity contribution is 6.12. The minimum atomic E-state index is -1.30. The van der Waals surface area contributed by atoms with E-state index in [0.29, 0.717) is 0 Å². The maximum Gasteiger partial charge on any atom is 0.335 e. The summed E-state index contributed by atoms with van der Waals surface area (Å²) in [6.07, 6.45) is -1.30. The molecule has 1 amide bonds. The van der Waals surface area contributed by atoms with Gasteiger partial charge in [0.1, 0.15) is 0 Å². The number of hydrogen-bond donors (Lipinski definition) is 3. The largest absolute Gasteiger partial charge is 0.478 e. The molecule has 116 valence electrons. The van der Waals surface area contributed by atoms with Crippen LogP contribution in [0.2, 0.25) is 0 Å². The average Bonchev–Trinajstić information content (AvgIpc) is 2.78. The van der Waals surface area contributed by atoms with Crippen molar-refractivity contribution in [2.75, 3.05) is 4.90 Å². The van der Waals surface area contributed by atoms with Crippen LogP contribution in [0.5, 0.6) is 0 Å². The first-order valence-electron chi connectivity index (χ1n) is 6.62. The molecule has 3 rings (SSSR count). The lowest BCUT2D eigenvalue weighted by Gasteiger charge is -2.21. The summed E-state index contributed by atoms with van der Waals surface area (Å²) < 4.78 is 0. The smallest absolute Gasteiger partial charge is 0.335 e. The molecule has 1 heterocycles. The van der Waals surface area contributed by atoms with E-state index in [1.54, 1.807) is 0 Å². The van der Waals surface area contributed by atoms with Gasteiger partial charge in [-0.2, -0.15) is 0 Å². The van der Waals surface area contributed by atoms with Crippen molar-refractivity contribution >= 4 is 23.5 Å². The van der Waals surface area contributed by atoms with E-state index in [4.69, 9.17) is 10.2 Å². The molecule has 0 radical (unpaired) electrons. The average molecular weight is 313 g/mol. The van der Waals surface area contributed by atoms with Crippen LogP contribution in [0.15, 0.2) is 42.5 Å². The van der Waals surface area contributed by atoms with Crippen molar-refractivity contribution in [2.45, 2.75) is 6.23 Å². The van der Waals surface area contributed by atoms with Crippen LogP contribution in [0.1, 0.15) is 42.9 Å². The number of aliphatic hydroxyl groups is 1. The van der Waals surface area contributed by atoms with Crippen molar-refractivity contribution in [3.63, 3.8) is 0 Å². The fourth-order valence-corrected chi connectivity index (χ4v) is 2.53. The number of anilines is 1. The number of fused-ring (bicyclic) bond motifs is 1. The van der Waals surface area contributed by atoms with Crippen molar-refractivity contribution in [3.8, 4) is 0 Å². The Morgan fingerprint density at radius 3 is 2.26 bits per heavy atom. The zero-order valence-electron chi connectivity index (χ0n) is 11.6. The van der Waals surface area contributed by atoms with Gasteiger partial charge in [-0.05, 0) is 30.3 Å². The second-order valence-corrected chi connectivity index (χ2v) is 5.01. The highest BCUT2D eigenvalue weighted by Gasteiger charge is 2.37. The zero-order valence-corrected chi connectivity index (χ0v) is 11.6. The molecule has 0 fully saturated rings. The van der Waals surface area contributed by atoms with Gasteiger partial charge in [0.2, 0.25) is 0 Å². The Hall–Kier alpha value is -3.19. The molecule has 0 bridgehead atoms. The number of hydrogen-bond acceptors (Lipinski definition) is 4. The summed E-state index contributed by atoms with van der Waals surface area (Å²) in [6.45, 7) is 0. The van der Waals surface area contributed by atoms with Crippen LogP contribution in [-0.4, -0.2) is 33.2 Å². The quantitative estimate of drug-likeness (QED) is 0.795. The van der Waals surface area contributed by atoms with E-state index >= 15 is 0 Å². The molecule has 7 nitrogen and oxygen atoms in total. The zero-order chi connectivity index (χ0) is 16.7. The van der Waals surface area contributed by atoms with E-state index in [9.17, 15) is 19.5 Å². The molecule has 1 atom stereocenters. The molecule has 2 aromatic rings. The highest BCUT2D eigenvalue weighted by Crippen LogP contribution is 2.36. The van der Waals surface area contributed by atoms with Crippen molar-refractivity contribution in [2.24, 2.45) is 0 Å². The molecule has 0 saturated heterocycles. The molecule has 7 heteroatoms. The number of carboxylic acids is 2. The van der Waals surface area contributed by atoms with Crippen LogP contribution in [0, 0.1) is 0 Å². The first-order chi connectivity index (χ1) is 10.9. The number of aromatic carboxylic acids is 2. The Balaban J connectivity index is 2.06. The van der Waals surface area contributed by atoms with Crippen molar-refractivity contribution < 1.29 is 29.7 Å². The summed E-state index contributed by atoms with van der Waals surface area (Å²) in [4.78, 5) is 35.6. The number of rotatable bonds is 3. The molecule has 2 aromatic carbocycles. The number of carbonyl (C=O) groups is 3. The third kappa shape index (κ3) is 2.33. The maximum absolute atomic E-state index is 12.5. The number of amides is 1. The van der Waals surface area contributed by atoms with Crippen LogP contribution in [0.25, 0.3) is 0 Å². The molecule has 23 heavy (non-hydrogen) atoms. The summed E-state index contributed by atoms with van der Waals surface area (Å²) in [6, 6.07) is 9.48. The van der Waals surface area contributed by atoms with E-state index in [0.717, 1.165) is 4.90 Å². The van der Waals surface area contributed by atoms with Gasteiger partial charge in [0.05, 0.1) is 11.1 Å². The van der Waals surface area contributed by atoms with Gasteiger partial charge in [0.25, 0.3) is 5.91 Å². The van der Waals surface area contributed by atoms with Gasteiger partial charge in [-0.15, -0.1) is 0 Å². The lowest BCUT2D eigenvalue weighted by Crippen LogP contribution is -2.27. The number of nitrogens with zero attached hydrogens (tertiary/aromatic N) is 1. The van der Waals surface area contributed by atoms with Gasteiger partial charge >= 0.3 is 11.9 Å². The predicted molar refractivity (Wildman–Crippen MR) is 78.6 cm³/mol. The van der Waals surface area contributed by atoms with Crippen LogP contribution < -0.4 is 4.90 Å². The summed E-state index contributed by atoms with van der Waals surface area (Å²) >= 11 is 0. The highest BCUT2D eigenvalue weighted by atomic mass is 16.4. The Morgan fingerprint density at radius 2 is 1.61 bits per heavy atom. The minimum Gasteiger partial charge on any atom is -0.478 e. The number of carbonyl (C=O) groups excluding carboxylic acids is 1. The lowest BCUT2D eigenvalue weighted by atomic mass is 10.1. The van der Waals surface area contributed by atoms with Crippen LogP contribution in [0.3, 0.4) is 0 Å². The van der Waals surface area contributed by atoms with Crippen molar-refractivity contribution in [1.29, 1.82) is 0 Å². The molecule has 1 unspecified atom stereocenters. The van der Waals surface area contributed by atoms with E-state index in [1.165, 1.54) is 42.5 Å². The number of benzene rings is 2. The molecule has 1 aliphatic rings. The summed E-state index contributed by atoms with van der Waals surface area (Å²) in [5, 5.41) is 28.4. The Kier molecular flexibility index (Phi) is 3.34. The molecule has 0 aliphatic carbocycles. The van der Waals surface area contributed by atoms with E-state index in [-0.39, 0.29) is 27.9 Å². The third-order valence-corrected chi connectivity index (χ3v) is 3.64. The fraction of sp³-hybridized carbons (Fsp3) is 0.0625. The van der Waals surface area contributed by atoms with Crippen LogP contribution >= 0.6 is 0 Å². The van der Waals surface area contributed by atoms with E-state index in [1.807, 2.05) is 0 Å². The van der Waals surface area contributed by atoms with Gasteiger partial charge in [-0.3, -0.25) is 9.69 Å². The normalized spacial score (nSPS) is 16.3. The number of aliphatic hydroxyl groups excluding tert-OH is 1. The van der Waals surface area contributed by atoms with Crippen LogP contribution in [0.4, 0.5) is 5.69 Å². The van der Waals surface area contributed by atoms with Gasteiger partial charge in [0, 0.05) is 16.8 Å². The lowest BCUT2D eigenvalue weighted by molar-refractivity contribution is 0.0686. The summed E-state index contributed by atoms with van der Waals surface area (Å²) in [5.41, 5.74) is 0.490. The van der Waals surface area contributed by atoms with Gasteiger partial charge in [-0.1, -0.05) is 12.1 Å². The van der Waals surface area contributed by atoms with E-state index < -0.39 is 24.1 Å². The topological polar surface area (TPSA) is 115 Å². The van der Waals surface area contributed by atoms with E-state index in [2.05, 4.69) is 0 Å². The molecule has 1 aliphatic heterocycles. The molecular formula is C16H11NO6. The second-order valence-electron chi connectivity index (χ2n) is 5.01. The van der Waals surface area contributed by atoms with Crippen molar-refractivity contribution in [1.82, 2.24) is 0 Å². The molecule has 0 aromatic heterocycles. The minimum absolute atomic E-state index is 0.0234. The Labute approximate surface area is 130 Å². The SMILES string of the molecule is O=C(O)c1cccc(N2C(=O)c3cc(C(=O)O)ccc3C2O)c1. The molecular weight excluding hydrogens is 302 g/mol. The summed E-state index contributed by atoms with van der Waals surface area (Å²) in [7, 11) is 0. The van der Waals surface area contributed by atoms with Gasteiger partial charge in [0.15, 0.2) is 6.23 Å². The molecule has 0 spiro atoms. The van der Waals surface area contributed by atoms with Gasteiger partial charge in [-0.25, -0.2) is 9.59 Å². The Bertz CT molecular complexity index is 844. The van der Waals surface area contributed by atoms with Crippen LogP contribution in [-0.2, 0) is 0 Å². The maximum atomic E-state index is 12.5. The fourth-order valence-electron chi connectivity index (χ4n) is 2.53. The molecule has 0 saturated carbocycles. The van der Waals surface area contributed by atoms with Gasteiger partial charge < -0.3 is 15.3 Å². The second kappa shape index (κ2) is 5.22. The predicted octanol–water partition coefficient (Wildman–Crippen LogP) is 1.73. The Morgan fingerprint density at radius 1 is 0.957 bits per heavy atom. The first kappa shape index (κ1) is 14.7. The first-order valence-corrected chi connectivity index (χ1v) is 6.62.